The zero-order chi connectivity index (χ0) is 17.9. The summed E-state index contributed by atoms with van der Waals surface area (Å²) in [5.74, 6) is -0.349. The van der Waals surface area contributed by atoms with E-state index in [1.165, 1.54) is 21.9 Å². The van der Waals surface area contributed by atoms with Crippen molar-refractivity contribution in [3.8, 4) is 0 Å². The van der Waals surface area contributed by atoms with Gasteiger partial charge in [-0.15, -0.1) is 0 Å². The third kappa shape index (κ3) is 4.40. The van der Waals surface area contributed by atoms with Gasteiger partial charge in [-0.05, 0) is 19.1 Å². The van der Waals surface area contributed by atoms with Crippen LogP contribution >= 0.6 is 0 Å². The van der Waals surface area contributed by atoms with E-state index in [0.717, 1.165) is 6.92 Å². The molecule has 1 aromatic rings. The van der Waals surface area contributed by atoms with Crippen molar-refractivity contribution in [1.29, 1.82) is 0 Å². The number of hydrogen-bond donors (Lipinski definition) is 2. The van der Waals surface area contributed by atoms with Crippen molar-refractivity contribution in [2.75, 3.05) is 26.2 Å². The number of nitrogens with two attached hydrogens (primary N) is 1. The normalized spacial score (nSPS) is 17.6. The second kappa shape index (κ2) is 7.12. The van der Waals surface area contributed by atoms with Crippen LogP contribution in [0.1, 0.15) is 23.2 Å². The zero-order valence-electron chi connectivity index (χ0n) is 13.1. The summed E-state index contributed by atoms with van der Waals surface area (Å²) < 4.78 is 43.2. The van der Waals surface area contributed by atoms with Crippen LogP contribution in [0.2, 0.25) is 0 Å². The predicted molar refractivity (Wildman–Crippen MR) is 78.1 cm³/mol. The minimum absolute atomic E-state index is 0.00555. The molecule has 1 aliphatic rings. The molecule has 24 heavy (non-hydrogen) atoms. The molecule has 0 spiro atoms. The molecule has 0 radical (unpaired) electrons. The van der Waals surface area contributed by atoms with Gasteiger partial charge in [0.1, 0.15) is 11.8 Å². The summed E-state index contributed by atoms with van der Waals surface area (Å²) in [5, 5.41) is 2.60. The molecule has 1 aromatic heterocycles. The number of rotatable bonds is 4. The fourth-order valence-electron chi connectivity index (χ4n) is 2.40. The molecule has 1 fully saturated rings. The number of nitrogens with zero attached hydrogens (tertiary/aromatic N) is 2. The molecule has 1 aliphatic heterocycles. The van der Waals surface area contributed by atoms with Gasteiger partial charge in [-0.25, -0.2) is 4.79 Å². The number of alkyl halides is 3. The molecule has 0 aliphatic carbocycles. The van der Waals surface area contributed by atoms with Crippen molar-refractivity contribution < 1.29 is 27.2 Å². The number of amides is 3. The first-order valence-electron chi connectivity index (χ1n) is 7.40. The molecule has 1 unspecified atom stereocenters. The van der Waals surface area contributed by atoms with Crippen LogP contribution in [0.3, 0.4) is 0 Å². The van der Waals surface area contributed by atoms with E-state index >= 15 is 0 Å². The van der Waals surface area contributed by atoms with E-state index in [0.29, 0.717) is 5.76 Å². The maximum Gasteiger partial charge on any atom is 0.403 e. The molecule has 3 N–H and O–H groups in total. The van der Waals surface area contributed by atoms with Crippen LogP contribution in [0.25, 0.3) is 0 Å². The lowest BCUT2D eigenvalue weighted by Gasteiger charge is -2.38. The van der Waals surface area contributed by atoms with E-state index < -0.39 is 24.2 Å². The first-order valence-corrected chi connectivity index (χ1v) is 7.40. The number of primary amides is 1. The summed E-state index contributed by atoms with van der Waals surface area (Å²) in [5.41, 5.74) is 5.05. The lowest BCUT2D eigenvalue weighted by Crippen LogP contribution is -2.56. The van der Waals surface area contributed by atoms with E-state index in [9.17, 15) is 22.8 Å². The van der Waals surface area contributed by atoms with Crippen LogP contribution in [-0.4, -0.2) is 60.1 Å². The second-order valence-electron chi connectivity index (χ2n) is 5.53. The lowest BCUT2D eigenvalue weighted by molar-refractivity contribution is -0.181. The SMILES string of the molecule is CC(N1CCN(C(=O)NCc2ccc(C(N)=O)o2)CC1)C(F)(F)F. The third-order valence-corrected chi connectivity index (χ3v) is 3.94. The number of carbonyl (C=O) groups excluding carboxylic acids is 2. The minimum atomic E-state index is -4.28. The van der Waals surface area contributed by atoms with Crippen molar-refractivity contribution in [3.63, 3.8) is 0 Å². The molecule has 7 nitrogen and oxygen atoms in total. The van der Waals surface area contributed by atoms with Crippen molar-refractivity contribution in [2.24, 2.45) is 5.73 Å². The average molecular weight is 348 g/mol. The van der Waals surface area contributed by atoms with Crippen LogP contribution < -0.4 is 11.1 Å². The Bertz CT molecular complexity index is 594. The molecule has 0 saturated carbocycles. The molecule has 10 heteroatoms. The fourth-order valence-corrected chi connectivity index (χ4v) is 2.40. The smallest absolute Gasteiger partial charge is 0.403 e. The van der Waals surface area contributed by atoms with Crippen LogP contribution in [0, 0.1) is 0 Å². The highest BCUT2D eigenvalue weighted by molar-refractivity contribution is 5.89. The van der Waals surface area contributed by atoms with E-state index in [1.54, 1.807) is 0 Å². The highest BCUT2D eigenvalue weighted by atomic mass is 19.4. The van der Waals surface area contributed by atoms with E-state index in [2.05, 4.69) is 5.32 Å². The van der Waals surface area contributed by atoms with Crippen LogP contribution in [-0.2, 0) is 6.54 Å². The summed E-state index contributed by atoms with van der Waals surface area (Å²) in [7, 11) is 0. The van der Waals surface area contributed by atoms with Gasteiger partial charge < -0.3 is 20.4 Å². The Morgan fingerprint density at radius 3 is 2.42 bits per heavy atom. The summed E-state index contributed by atoms with van der Waals surface area (Å²) in [4.78, 5) is 25.7. The number of hydrogen-bond acceptors (Lipinski definition) is 4. The summed E-state index contributed by atoms with van der Waals surface area (Å²) in [6.07, 6.45) is -4.28. The molecule has 1 saturated heterocycles. The van der Waals surface area contributed by atoms with Crippen LogP contribution in [0.15, 0.2) is 16.5 Å². The molecule has 3 amide bonds. The Morgan fingerprint density at radius 2 is 1.92 bits per heavy atom. The van der Waals surface area contributed by atoms with Gasteiger partial charge in [0.25, 0.3) is 5.91 Å². The largest absolute Gasteiger partial charge is 0.454 e. The van der Waals surface area contributed by atoms with Gasteiger partial charge in [0.05, 0.1) is 6.54 Å². The molecule has 0 aromatic carbocycles. The summed E-state index contributed by atoms with van der Waals surface area (Å²) in [6, 6.07) is 0.995. The Morgan fingerprint density at radius 1 is 1.29 bits per heavy atom. The Kier molecular flexibility index (Phi) is 5.37. The Balaban J connectivity index is 1.79. The second-order valence-corrected chi connectivity index (χ2v) is 5.53. The van der Waals surface area contributed by atoms with E-state index in [-0.39, 0.29) is 38.5 Å². The summed E-state index contributed by atoms with van der Waals surface area (Å²) >= 11 is 0. The number of nitrogens with one attached hydrogen (secondary N) is 1. The van der Waals surface area contributed by atoms with E-state index in [4.69, 9.17) is 10.2 Å². The van der Waals surface area contributed by atoms with Crippen molar-refractivity contribution in [3.05, 3.63) is 23.7 Å². The van der Waals surface area contributed by atoms with Crippen LogP contribution in [0.4, 0.5) is 18.0 Å². The van der Waals surface area contributed by atoms with Crippen molar-refractivity contribution >= 4 is 11.9 Å². The number of carbonyl (C=O) groups is 2. The van der Waals surface area contributed by atoms with Gasteiger partial charge in [-0.2, -0.15) is 13.2 Å². The maximum atomic E-state index is 12.7. The summed E-state index contributed by atoms with van der Waals surface area (Å²) in [6.45, 7) is 1.89. The molecule has 2 heterocycles. The van der Waals surface area contributed by atoms with Gasteiger partial charge in [-0.3, -0.25) is 9.69 Å². The van der Waals surface area contributed by atoms with Crippen molar-refractivity contribution in [2.45, 2.75) is 25.7 Å². The number of piperazine rings is 1. The van der Waals surface area contributed by atoms with Crippen molar-refractivity contribution in [1.82, 2.24) is 15.1 Å². The molecular weight excluding hydrogens is 329 g/mol. The van der Waals surface area contributed by atoms with Crippen LogP contribution in [0.5, 0.6) is 0 Å². The minimum Gasteiger partial charge on any atom is -0.454 e. The monoisotopic (exact) mass is 348 g/mol. The van der Waals surface area contributed by atoms with Gasteiger partial charge in [-0.1, -0.05) is 0 Å². The zero-order valence-corrected chi connectivity index (χ0v) is 13.1. The lowest BCUT2D eigenvalue weighted by atomic mass is 10.2. The van der Waals surface area contributed by atoms with Gasteiger partial charge in [0.2, 0.25) is 0 Å². The fraction of sp³-hybridized carbons (Fsp3) is 0.571. The first kappa shape index (κ1) is 18.1. The maximum absolute atomic E-state index is 12.7. The number of halogens is 3. The quantitative estimate of drug-likeness (QED) is 0.854. The molecule has 134 valence electrons. The molecule has 0 bridgehead atoms. The number of furan rings is 1. The van der Waals surface area contributed by atoms with Gasteiger partial charge in [0.15, 0.2) is 5.76 Å². The standard InChI is InChI=1S/C14H19F3N4O3/c1-9(14(15,16)17)20-4-6-21(7-5-20)13(23)19-8-10-2-3-11(24-10)12(18)22/h2-3,9H,4-8H2,1H3,(H2,18,22)(H,19,23). The van der Waals surface area contributed by atoms with E-state index in [1.807, 2.05) is 0 Å². The van der Waals surface area contributed by atoms with Gasteiger partial charge >= 0.3 is 12.2 Å². The molecule has 1 atom stereocenters. The number of urea groups is 1. The predicted octanol–water partition coefficient (Wildman–Crippen LogP) is 1.16. The molecule has 2 rings (SSSR count). The average Bonchev–Trinajstić information content (AvgIpc) is 3.00. The highest BCUT2D eigenvalue weighted by Gasteiger charge is 2.41. The Hall–Kier alpha value is -2.23. The molecular formula is C14H19F3N4O3. The first-order chi connectivity index (χ1) is 11.2. The Labute approximate surface area is 136 Å². The van der Waals surface area contributed by atoms with Gasteiger partial charge in [0, 0.05) is 26.2 Å². The highest BCUT2D eigenvalue weighted by Crippen LogP contribution is 2.25. The topological polar surface area (TPSA) is 91.8 Å². The third-order valence-electron chi connectivity index (χ3n) is 3.94.